The van der Waals surface area contributed by atoms with Crippen LogP contribution in [0, 0.1) is 0 Å². The van der Waals surface area contributed by atoms with Crippen molar-refractivity contribution in [2.45, 2.75) is 478 Å². The molecular weight excluding hydrogens is 1260 g/mol. The number of aliphatic hydroxyl groups excluding tert-OH is 11. The van der Waals surface area contributed by atoms with Crippen LogP contribution in [0.25, 0.3) is 0 Å². The van der Waals surface area contributed by atoms with Crippen molar-refractivity contribution >= 4 is 5.91 Å². The van der Waals surface area contributed by atoms with Crippen LogP contribution in [-0.4, -0.2) is 193 Å². The third-order valence-corrected chi connectivity index (χ3v) is 21.4. The summed E-state index contributed by atoms with van der Waals surface area (Å²) in [6, 6.07) is -0.883. The largest absolute Gasteiger partial charge is 0.394 e. The molecule has 19 heteroatoms. The predicted molar refractivity (Wildman–Crippen MR) is 393 cm³/mol. The quantitative estimate of drug-likeness (QED) is 0.0252. The van der Waals surface area contributed by atoms with Crippen molar-refractivity contribution in [1.82, 2.24) is 5.32 Å². The van der Waals surface area contributed by atoms with Gasteiger partial charge in [-0.1, -0.05) is 354 Å². The number of hydrogen-bond acceptors (Lipinski definition) is 18. The number of nitrogens with one attached hydrogen (secondary N) is 1. The van der Waals surface area contributed by atoms with Crippen LogP contribution < -0.4 is 5.32 Å². The van der Waals surface area contributed by atoms with Crippen molar-refractivity contribution in [3.8, 4) is 0 Å². The minimum absolute atomic E-state index is 0.232. The van der Waals surface area contributed by atoms with E-state index in [0.29, 0.717) is 12.8 Å². The summed E-state index contributed by atoms with van der Waals surface area (Å²) in [5.74, 6) is -0.232. The van der Waals surface area contributed by atoms with Crippen LogP contribution in [0.4, 0.5) is 0 Å². The van der Waals surface area contributed by atoms with Gasteiger partial charge in [-0.15, -0.1) is 0 Å². The van der Waals surface area contributed by atoms with E-state index in [4.69, 9.17) is 28.4 Å². The summed E-state index contributed by atoms with van der Waals surface area (Å²) < 4.78 is 34.6. The number of unbranched alkanes of at least 4 members (excludes halogenated alkanes) is 52. The molecule has 0 bridgehead atoms. The van der Waals surface area contributed by atoms with Crippen LogP contribution in [0.15, 0.2) is 0 Å². The topological polar surface area (TPSA) is 307 Å². The van der Waals surface area contributed by atoms with Crippen molar-refractivity contribution < 1.29 is 89.4 Å². The van der Waals surface area contributed by atoms with E-state index in [1.54, 1.807) is 0 Å². The summed E-state index contributed by atoms with van der Waals surface area (Å²) in [5.41, 5.74) is 0. The van der Waals surface area contributed by atoms with Gasteiger partial charge in [-0.3, -0.25) is 4.79 Å². The number of hydrogen-bond donors (Lipinski definition) is 12. The van der Waals surface area contributed by atoms with Crippen molar-refractivity contribution in [3.63, 3.8) is 0 Å². The van der Waals surface area contributed by atoms with E-state index < -0.39 is 124 Å². The molecule has 0 aromatic carbocycles. The lowest BCUT2D eigenvalue weighted by atomic mass is 9.96. The molecule has 1 amide bonds. The van der Waals surface area contributed by atoms with Gasteiger partial charge in [0.05, 0.1) is 38.6 Å². The molecule has 0 saturated carbocycles. The lowest BCUT2D eigenvalue weighted by molar-refractivity contribution is -0.379. The van der Waals surface area contributed by atoms with Crippen molar-refractivity contribution in [3.05, 3.63) is 0 Å². The van der Waals surface area contributed by atoms with E-state index in [-0.39, 0.29) is 18.9 Å². The van der Waals surface area contributed by atoms with Crippen molar-refractivity contribution in [2.24, 2.45) is 0 Å². The Bertz CT molecular complexity index is 1790. The highest BCUT2D eigenvalue weighted by molar-refractivity contribution is 5.76. The Morgan fingerprint density at radius 3 is 0.879 bits per heavy atom. The van der Waals surface area contributed by atoms with Gasteiger partial charge in [0.25, 0.3) is 0 Å². The lowest BCUT2D eigenvalue weighted by Crippen LogP contribution is -2.66. The maximum atomic E-state index is 13.5. The summed E-state index contributed by atoms with van der Waals surface area (Å²) in [6.45, 7) is 1.88. The third-order valence-electron chi connectivity index (χ3n) is 21.4. The van der Waals surface area contributed by atoms with E-state index in [9.17, 15) is 61.0 Å². The Morgan fingerprint density at radius 1 is 0.323 bits per heavy atom. The van der Waals surface area contributed by atoms with Gasteiger partial charge in [0.1, 0.15) is 73.2 Å². The first-order chi connectivity index (χ1) is 48.3. The minimum Gasteiger partial charge on any atom is -0.394 e. The molecule has 3 fully saturated rings. The van der Waals surface area contributed by atoms with Crippen LogP contribution in [0.5, 0.6) is 0 Å². The first kappa shape index (κ1) is 92.0. The number of carbonyl (C=O) groups is 1. The van der Waals surface area contributed by atoms with Crippen LogP contribution >= 0.6 is 0 Å². The predicted octanol–water partition coefficient (Wildman–Crippen LogP) is 14.2. The maximum Gasteiger partial charge on any atom is 0.220 e. The monoisotopic (exact) mass is 1420 g/mol. The van der Waals surface area contributed by atoms with Crippen LogP contribution in [-0.2, 0) is 33.2 Å². The zero-order valence-corrected chi connectivity index (χ0v) is 63.0. The fraction of sp³-hybridized carbons (Fsp3) is 0.988. The molecule has 0 radical (unpaired) electrons. The Morgan fingerprint density at radius 2 is 0.576 bits per heavy atom. The molecule has 19 nitrogen and oxygen atoms in total. The van der Waals surface area contributed by atoms with Crippen molar-refractivity contribution in [1.29, 1.82) is 0 Å². The summed E-state index contributed by atoms with van der Waals surface area (Å²) in [6.07, 6.45) is 44.9. The second-order valence-electron chi connectivity index (χ2n) is 30.3. The van der Waals surface area contributed by atoms with Gasteiger partial charge in [0, 0.05) is 6.42 Å². The summed E-state index contributed by atoms with van der Waals surface area (Å²) in [5, 5.41) is 121. The fourth-order valence-electron chi connectivity index (χ4n) is 14.7. The first-order valence-electron chi connectivity index (χ1n) is 41.8. The molecule has 3 rings (SSSR count). The molecule has 0 aliphatic carbocycles. The second-order valence-corrected chi connectivity index (χ2v) is 30.3. The number of aliphatic hydroxyl groups is 11. The smallest absolute Gasteiger partial charge is 0.220 e. The van der Waals surface area contributed by atoms with Crippen LogP contribution in [0.1, 0.15) is 373 Å². The molecular formula is C80H155NO18. The van der Waals surface area contributed by atoms with E-state index in [1.165, 1.54) is 295 Å². The molecule has 0 aromatic heterocycles. The van der Waals surface area contributed by atoms with E-state index in [2.05, 4.69) is 19.2 Å². The standard InChI is InChI=1S/C80H155NO18/c1-3-5-7-9-11-13-15-17-19-21-23-25-27-28-29-30-31-32-33-34-35-36-37-39-41-43-45-47-49-51-53-55-57-64(85)63(81-68(86)58-56-54-52-50-48-46-44-42-40-38-26-24-22-20-18-16-14-12-10-8-6-4-2)62-94-78-74(92)71(89)76(66(60-83)96-78)99-80-75(93)72(90)77(67(61-84)97-80)98-79-73(91)70(88)69(87)65(59-82)95-79/h63-67,69-80,82-85,87-93H,3-62H2,1-2H3,(H,81,86). The lowest BCUT2D eigenvalue weighted by Gasteiger charge is -2.48. The molecule has 0 spiro atoms. The van der Waals surface area contributed by atoms with Gasteiger partial charge in [-0.2, -0.15) is 0 Å². The zero-order valence-electron chi connectivity index (χ0n) is 63.0. The first-order valence-corrected chi connectivity index (χ1v) is 41.8. The minimum atomic E-state index is -1.97. The van der Waals surface area contributed by atoms with Gasteiger partial charge in [0.2, 0.25) is 5.91 Å². The molecule has 3 heterocycles. The van der Waals surface area contributed by atoms with Gasteiger partial charge in [-0.05, 0) is 12.8 Å². The maximum absolute atomic E-state index is 13.5. The molecule has 17 atom stereocenters. The van der Waals surface area contributed by atoms with Gasteiger partial charge < -0.3 is 89.9 Å². The van der Waals surface area contributed by atoms with Gasteiger partial charge >= 0.3 is 0 Å². The Balaban J connectivity index is 1.34. The molecule has 3 aliphatic rings. The number of amides is 1. The van der Waals surface area contributed by atoms with Gasteiger partial charge in [0.15, 0.2) is 18.9 Å². The fourth-order valence-corrected chi connectivity index (χ4v) is 14.7. The summed E-state index contributed by atoms with van der Waals surface area (Å²) in [7, 11) is 0. The van der Waals surface area contributed by atoms with E-state index >= 15 is 0 Å². The highest BCUT2D eigenvalue weighted by Crippen LogP contribution is 2.34. The zero-order chi connectivity index (χ0) is 71.8. The van der Waals surface area contributed by atoms with E-state index in [1.807, 2.05) is 0 Å². The number of rotatable bonds is 68. The number of carbonyl (C=O) groups excluding carboxylic acids is 1. The third kappa shape index (κ3) is 42.1. The molecule has 99 heavy (non-hydrogen) atoms. The second kappa shape index (κ2) is 61.9. The highest BCUT2D eigenvalue weighted by Gasteiger charge is 2.54. The molecule has 3 aliphatic heterocycles. The summed E-state index contributed by atoms with van der Waals surface area (Å²) in [4.78, 5) is 13.5. The summed E-state index contributed by atoms with van der Waals surface area (Å²) >= 11 is 0. The van der Waals surface area contributed by atoms with Crippen molar-refractivity contribution in [2.75, 3.05) is 26.4 Å². The molecule has 17 unspecified atom stereocenters. The number of ether oxygens (including phenoxy) is 6. The normalized spacial score (nSPS) is 26.5. The Kier molecular flexibility index (Phi) is 57.5. The average molecular weight is 1420 g/mol. The molecule has 12 N–H and O–H groups in total. The van der Waals surface area contributed by atoms with Gasteiger partial charge in [-0.25, -0.2) is 0 Å². The SMILES string of the molecule is CCCCCCCCCCCCCCCCCCCCCCCCCCCCCCCCCCC(O)C(COC1OC(CO)C(OC2OC(CO)C(OC3OC(CO)C(O)C(O)C3O)C(O)C2O)C(O)C1O)NC(=O)CCCCCCCCCCCCCCCCCCCCCCCC. The Labute approximate surface area is 602 Å². The molecule has 588 valence electrons. The van der Waals surface area contributed by atoms with E-state index in [0.717, 1.165) is 44.9 Å². The highest BCUT2D eigenvalue weighted by atomic mass is 16.8. The molecule has 0 aromatic rings. The molecule has 3 saturated heterocycles. The van der Waals surface area contributed by atoms with Crippen LogP contribution in [0.2, 0.25) is 0 Å². The average Bonchev–Trinajstić information content (AvgIpc) is 0.784. The Hall–Kier alpha value is -1.21. The van der Waals surface area contributed by atoms with Crippen LogP contribution in [0.3, 0.4) is 0 Å².